The number of aromatic nitrogens is 1. The highest BCUT2D eigenvalue weighted by Gasteiger charge is 2.23. The number of nitrogens with zero attached hydrogens (tertiary/aromatic N) is 1. The van der Waals surface area contributed by atoms with Gasteiger partial charge in [-0.3, -0.25) is 4.79 Å². The highest BCUT2D eigenvalue weighted by Crippen LogP contribution is 2.24. The van der Waals surface area contributed by atoms with Gasteiger partial charge in [0.15, 0.2) is 0 Å². The molecule has 0 saturated heterocycles. The summed E-state index contributed by atoms with van der Waals surface area (Å²) in [4.78, 5) is 28.6. The molecule has 3 amide bonds. The van der Waals surface area contributed by atoms with Gasteiger partial charge in [-0.2, -0.15) is 0 Å². The largest absolute Gasteiger partial charge is 0.439 e. The topological polar surface area (TPSA) is 92.4 Å². The van der Waals surface area contributed by atoms with Crippen LogP contribution in [0.3, 0.4) is 0 Å². The number of hydrogen-bond donors (Lipinski definition) is 3. The minimum Gasteiger partial charge on any atom is -0.439 e. The van der Waals surface area contributed by atoms with Crippen molar-refractivity contribution >= 4 is 39.2 Å². The molecule has 2 aromatic carbocycles. The van der Waals surface area contributed by atoms with Gasteiger partial charge in [0.25, 0.3) is 5.91 Å². The third-order valence-electron chi connectivity index (χ3n) is 4.31. The summed E-state index contributed by atoms with van der Waals surface area (Å²) in [7, 11) is 0. The molecule has 30 heavy (non-hydrogen) atoms. The lowest BCUT2D eigenvalue weighted by Crippen LogP contribution is -2.30. The summed E-state index contributed by atoms with van der Waals surface area (Å²) in [5.41, 5.74) is 1.51. The summed E-state index contributed by atoms with van der Waals surface area (Å²) in [6.45, 7) is 0. The molecular formula is C22H19BrN4O3. The van der Waals surface area contributed by atoms with Crippen LogP contribution in [-0.2, 0) is 0 Å². The number of pyridine rings is 1. The van der Waals surface area contributed by atoms with Crippen LogP contribution in [0, 0.1) is 0 Å². The lowest BCUT2D eigenvalue weighted by atomic mass is 10.2. The fraction of sp³-hybridized carbons (Fsp3) is 0.136. The number of amides is 3. The maximum absolute atomic E-state index is 12.5. The first-order valence-corrected chi connectivity index (χ1v) is 10.2. The first kappa shape index (κ1) is 19.9. The number of hydrogen-bond acceptors (Lipinski definition) is 4. The second-order valence-corrected chi connectivity index (χ2v) is 7.77. The molecule has 4 rings (SSSR count). The van der Waals surface area contributed by atoms with Gasteiger partial charge in [-0.05, 0) is 55.3 Å². The van der Waals surface area contributed by atoms with E-state index in [1.807, 2.05) is 24.3 Å². The number of carbonyl (C=O) groups is 2. The van der Waals surface area contributed by atoms with Crippen LogP contribution < -0.4 is 20.7 Å². The first-order valence-electron chi connectivity index (χ1n) is 9.43. The van der Waals surface area contributed by atoms with E-state index in [4.69, 9.17) is 4.74 Å². The van der Waals surface area contributed by atoms with Crippen molar-refractivity contribution in [2.45, 2.75) is 18.9 Å². The van der Waals surface area contributed by atoms with E-state index in [2.05, 4.69) is 36.9 Å². The SMILES string of the molecule is O=C(Nc1cccc(C(=O)Nc2ccc(Oc3cccc(Br)c3)nc2)c1)NC1CC1. The molecule has 0 spiro atoms. The van der Waals surface area contributed by atoms with E-state index < -0.39 is 0 Å². The minimum absolute atomic E-state index is 0.263. The first-order chi connectivity index (χ1) is 14.5. The van der Waals surface area contributed by atoms with E-state index in [1.165, 1.54) is 6.20 Å². The number of benzene rings is 2. The monoisotopic (exact) mass is 466 g/mol. The fourth-order valence-corrected chi connectivity index (χ4v) is 3.07. The Labute approximate surface area is 182 Å². The highest BCUT2D eigenvalue weighted by atomic mass is 79.9. The van der Waals surface area contributed by atoms with E-state index in [0.717, 1.165) is 17.3 Å². The Morgan fingerprint density at radius 2 is 1.80 bits per heavy atom. The van der Waals surface area contributed by atoms with Crippen LogP contribution in [0.25, 0.3) is 0 Å². The lowest BCUT2D eigenvalue weighted by Gasteiger charge is -2.10. The predicted molar refractivity (Wildman–Crippen MR) is 118 cm³/mol. The van der Waals surface area contributed by atoms with Gasteiger partial charge >= 0.3 is 6.03 Å². The third kappa shape index (κ3) is 5.57. The molecule has 0 unspecified atom stereocenters. The molecule has 1 fully saturated rings. The molecule has 3 aromatic rings. The van der Waals surface area contributed by atoms with Crippen molar-refractivity contribution < 1.29 is 14.3 Å². The van der Waals surface area contributed by atoms with Gasteiger partial charge in [-0.25, -0.2) is 9.78 Å². The Hall–Kier alpha value is -3.39. The number of ether oxygens (including phenoxy) is 1. The maximum atomic E-state index is 12.5. The lowest BCUT2D eigenvalue weighted by molar-refractivity contribution is 0.102. The molecule has 0 radical (unpaired) electrons. The van der Waals surface area contributed by atoms with Gasteiger partial charge in [-0.15, -0.1) is 0 Å². The van der Waals surface area contributed by atoms with Gasteiger partial charge in [0.2, 0.25) is 5.88 Å². The molecule has 1 aliphatic carbocycles. The molecule has 152 valence electrons. The Bertz CT molecular complexity index is 1070. The van der Waals surface area contributed by atoms with Crippen molar-refractivity contribution in [1.29, 1.82) is 0 Å². The van der Waals surface area contributed by atoms with Crippen molar-refractivity contribution in [2.24, 2.45) is 0 Å². The van der Waals surface area contributed by atoms with Crippen molar-refractivity contribution in [3.8, 4) is 11.6 Å². The van der Waals surface area contributed by atoms with E-state index in [-0.39, 0.29) is 18.0 Å². The van der Waals surface area contributed by atoms with Crippen LogP contribution in [0.2, 0.25) is 0 Å². The number of urea groups is 1. The van der Waals surface area contributed by atoms with Crippen molar-refractivity contribution in [1.82, 2.24) is 10.3 Å². The molecule has 0 aliphatic heterocycles. The second-order valence-electron chi connectivity index (χ2n) is 6.85. The van der Waals surface area contributed by atoms with Crippen LogP contribution in [-0.4, -0.2) is 23.0 Å². The van der Waals surface area contributed by atoms with Crippen molar-refractivity contribution in [3.63, 3.8) is 0 Å². The van der Waals surface area contributed by atoms with Crippen LogP contribution in [0.1, 0.15) is 23.2 Å². The maximum Gasteiger partial charge on any atom is 0.319 e. The van der Waals surface area contributed by atoms with Gasteiger partial charge in [0.1, 0.15) is 5.75 Å². The quantitative estimate of drug-likeness (QED) is 0.466. The summed E-state index contributed by atoms with van der Waals surface area (Å²) < 4.78 is 6.60. The number of carbonyl (C=O) groups excluding carboxylic acids is 2. The number of nitrogens with one attached hydrogen (secondary N) is 3. The smallest absolute Gasteiger partial charge is 0.319 e. The van der Waals surface area contributed by atoms with E-state index in [0.29, 0.717) is 28.6 Å². The summed E-state index contributed by atoms with van der Waals surface area (Å²) in [6.07, 6.45) is 3.55. The van der Waals surface area contributed by atoms with Gasteiger partial charge in [0.05, 0.1) is 11.9 Å². The molecular weight excluding hydrogens is 448 g/mol. The molecule has 1 saturated carbocycles. The Balaban J connectivity index is 1.36. The normalized spacial score (nSPS) is 12.7. The summed E-state index contributed by atoms with van der Waals surface area (Å²) in [6, 6.07) is 17.6. The van der Waals surface area contributed by atoms with Crippen LogP contribution >= 0.6 is 15.9 Å². The summed E-state index contributed by atoms with van der Waals surface area (Å²) in [5, 5.41) is 8.38. The zero-order valence-corrected chi connectivity index (χ0v) is 17.5. The molecule has 1 aromatic heterocycles. The van der Waals surface area contributed by atoms with E-state index in [9.17, 15) is 9.59 Å². The van der Waals surface area contributed by atoms with Gasteiger partial charge in [-0.1, -0.05) is 28.1 Å². The van der Waals surface area contributed by atoms with E-state index in [1.54, 1.807) is 36.4 Å². The van der Waals surface area contributed by atoms with Crippen molar-refractivity contribution in [3.05, 3.63) is 76.9 Å². The zero-order chi connectivity index (χ0) is 20.9. The fourth-order valence-electron chi connectivity index (χ4n) is 2.69. The molecule has 1 aliphatic rings. The van der Waals surface area contributed by atoms with Crippen LogP contribution in [0.4, 0.5) is 16.2 Å². The number of anilines is 2. The molecule has 0 bridgehead atoms. The molecule has 7 nitrogen and oxygen atoms in total. The Morgan fingerprint density at radius 3 is 2.53 bits per heavy atom. The van der Waals surface area contributed by atoms with Crippen LogP contribution in [0.5, 0.6) is 11.6 Å². The van der Waals surface area contributed by atoms with Crippen molar-refractivity contribution in [2.75, 3.05) is 10.6 Å². The minimum atomic E-state index is -0.302. The predicted octanol–water partition coefficient (Wildman–Crippen LogP) is 5.17. The summed E-state index contributed by atoms with van der Waals surface area (Å²) in [5.74, 6) is 0.770. The average Bonchev–Trinajstić information content (AvgIpc) is 3.53. The third-order valence-corrected chi connectivity index (χ3v) is 4.80. The number of rotatable bonds is 6. The second kappa shape index (κ2) is 8.96. The standard InChI is InChI=1S/C22H19BrN4O3/c23-15-4-2-6-19(12-15)30-20-10-9-18(13-24-20)25-21(28)14-3-1-5-17(11-14)27-22(29)26-16-7-8-16/h1-6,9-13,16H,7-8H2,(H,25,28)(H2,26,27,29). The van der Waals surface area contributed by atoms with E-state index >= 15 is 0 Å². The Morgan fingerprint density at radius 1 is 0.967 bits per heavy atom. The molecule has 3 N–H and O–H groups in total. The zero-order valence-electron chi connectivity index (χ0n) is 15.9. The summed E-state index contributed by atoms with van der Waals surface area (Å²) >= 11 is 3.39. The molecule has 1 heterocycles. The number of halogens is 1. The average molecular weight is 467 g/mol. The highest BCUT2D eigenvalue weighted by molar-refractivity contribution is 9.10. The van der Waals surface area contributed by atoms with Crippen LogP contribution in [0.15, 0.2) is 71.3 Å². The molecule has 0 atom stereocenters. The molecule has 8 heteroatoms. The van der Waals surface area contributed by atoms with Gasteiger partial charge < -0.3 is 20.7 Å². The van der Waals surface area contributed by atoms with Gasteiger partial charge in [0, 0.05) is 27.8 Å². The Kier molecular flexibility index (Phi) is 5.94.